The predicted molar refractivity (Wildman–Crippen MR) is 68.9 cm³/mol. The van der Waals surface area contributed by atoms with E-state index in [9.17, 15) is 13.2 Å². The Morgan fingerprint density at radius 2 is 1.76 bits per heavy atom. The van der Waals surface area contributed by atoms with E-state index < -0.39 is 6.36 Å². The number of ether oxygens (including phenoxy) is 1. The Labute approximate surface area is 117 Å². The summed E-state index contributed by atoms with van der Waals surface area (Å²) in [5.74, 6) is -0.357. The first kappa shape index (κ1) is 14.5. The van der Waals surface area contributed by atoms with Crippen molar-refractivity contribution < 1.29 is 17.9 Å². The van der Waals surface area contributed by atoms with E-state index in [1.807, 2.05) is 0 Å². The zero-order valence-corrected chi connectivity index (χ0v) is 11.9. The third-order valence-corrected chi connectivity index (χ3v) is 2.85. The molecular formula is C8H5Br2F3N2OS. The molecule has 3 N–H and O–H groups in total. The van der Waals surface area contributed by atoms with E-state index in [0.717, 1.165) is 12.1 Å². The Bertz CT molecular complexity index is 430. The van der Waals surface area contributed by atoms with Crippen LogP contribution in [0.1, 0.15) is 0 Å². The fraction of sp³-hybridized carbons (Fsp3) is 0.125. The molecule has 0 amide bonds. The fourth-order valence-electron chi connectivity index (χ4n) is 0.985. The van der Waals surface area contributed by atoms with Crippen LogP contribution >= 0.6 is 44.1 Å². The normalized spacial score (nSPS) is 11.1. The summed E-state index contributed by atoms with van der Waals surface area (Å²) in [6.07, 6.45) is -4.74. The summed E-state index contributed by atoms with van der Waals surface area (Å²) < 4.78 is 40.5. The van der Waals surface area contributed by atoms with E-state index in [2.05, 4.69) is 54.1 Å². The van der Waals surface area contributed by atoms with Gasteiger partial charge in [-0.2, -0.15) is 0 Å². The number of alkyl halides is 3. The first-order chi connectivity index (χ1) is 7.69. The molecule has 94 valence electrons. The van der Waals surface area contributed by atoms with Crippen LogP contribution in [0.3, 0.4) is 0 Å². The molecule has 1 aromatic rings. The first-order valence-electron chi connectivity index (χ1n) is 4.00. The van der Waals surface area contributed by atoms with Gasteiger partial charge in [0.1, 0.15) is 5.75 Å². The Morgan fingerprint density at radius 1 is 1.29 bits per heavy atom. The van der Waals surface area contributed by atoms with Crippen LogP contribution in [0.5, 0.6) is 5.75 Å². The Hall–Kier alpha value is -0.540. The Kier molecular flexibility index (Phi) is 4.62. The smallest absolute Gasteiger partial charge is 0.406 e. The molecule has 0 spiro atoms. The maximum Gasteiger partial charge on any atom is 0.573 e. The first-order valence-corrected chi connectivity index (χ1v) is 5.99. The molecule has 9 heteroatoms. The lowest BCUT2D eigenvalue weighted by Gasteiger charge is -2.13. The van der Waals surface area contributed by atoms with E-state index in [-0.39, 0.29) is 10.9 Å². The van der Waals surface area contributed by atoms with Gasteiger partial charge in [0.05, 0.1) is 5.69 Å². The van der Waals surface area contributed by atoms with Gasteiger partial charge >= 0.3 is 6.36 Å². The van der Waals surface area contributed by atoms with E-state index in [1.165, 1.54) is 0 Å². The number of halogens is 5. The van der Waals surface area contributed by atoms with Crippen LogP contribution < -0.4 is 15.8 Å². The number of thiocarbonyl (C=S) groups is 1. The lowest BCUT2D eigenvalue weighted by atomic mass is 10.3. The second-order valence-corrected chi connectivity index (χ2v) is 4.95. The van der Waals surface area contributed by atoms with Gasteiger partial charge in [-0.15, -0.1) is 13.2 Å². The minimum absolute atomic E-state index is 0.00381. The maximum absolute atomic E-state index is 12.0. The molecule has 3 nitrogen and oxygen atoms in total. The SMILES string of the molecule is NC(=S)Nc1c(Br)cc(OC(F)(F)F)cc1Br. The van der Waals surface area contributed by atoms with Crippen LogP contribution in [0, 0.1) is 0 Å². The molecule has 0 fully saturated rings. The molecule has 0 aromatic heterocycles. The van der Waals surface area contributed by atoms with Crippen molar-refractivity contribution in [1.29, 1.82) is 0 Å². The van der Waals surface area contributed by atoms with E-state index in [0.29, 0.717) is 14.6 Å². The number of nitrogens with two attached hydrogens (primary N) is 1. The van der Waals surface area contributed by atoms with Gasteiger partial charge in [-0.1, -0.05) is 0 Å². The van der Waals surface area contributed by atoms with Crippen molar-refractivity contribution in [3.8, 4) is 5.75 Å². The molecular weight excluding hydrogens is 389 g/mol. The summed E-state index contributed by atoms with van der Waals surface area (Å²) in [5.41, 5.74) is 5.69. The zero-order chi connectivity index (χ0) is 13.2. The van der Waals surface area contributed by atoms with Crippen LogP contribution in [0.25, 0.3) is 0 Å². The highest BCUT2D eigenvalue weighted by molar-refractivity contribution is 9.11. The quantitative estimate of drug-likeness (QED) is 0.751. The van der Waals surface area contributed by atoms with E-state index >= 15 is 0 Å². The van der Waals surface area contributed by atoms with Gasteiger partial charge in [-0.25, -0.2) is 0 Å². The number of rotatable bonds is 2. The van der Waals surface area contributed by atoms with Gasteiger partial charge in [0.2, 0.25) is 0 Å². The van der Waals surface area contributed by atoms with Gasteiger partial charge < -0.3 is 15.8 Å². The summed E-state index contributed by atoms with van der Waals surface area (Å²) in [7, 11) is 0. The van der Waals surface area contributed by atoms with Gasteiger partial charge in [0, 0.05) is 8.95 Å². The minimum Gasteiger partial charge on any atom is -0.406 e. The third kappa shape index (κ3) is 4.68. The highest BCUT2D eigenvalue weighted by Gasteiger charge is 2.31. The molecule has 0 saturated carbocycles. The fourth-order valence-corrected chi connectivity index (χ4v) is 2.43. The molecule has 1 rings (SSSR count). The number of nitrogens with one attached hydrogen (secondary N) is 1. The van der Waals surface area contributed by atoms with Crippen LogP contribution in [0.2, 0.25) is 0 Å². The highest BCUT2D eigenvalue weighted by atomic mass is 79.9. The topological polar surface area (TPSA) is 47.3 Å². The van der Waals surface area contributed by atoms with Gasteiger partial charge in [0.25, 0.3) is 0 Å². The molecule has 17 heavy (non-hydrogen) atoms. The molecule has 0 saturated heterocycles. The Balaban J connectivity index is 3.05. The molecule has 0 atom stereocenters. The summed E-state index contributed by atoms with van der Waals surface area (Å²) in [6.45, 7) is 0. The lowest BCUT2D eigenvalue weighted by Crippen LogP contribution is -2.20. The molecule has 0 aliphatic carbocycles. The van der Waals surface area contributed by atoms with Crippen molar-refractivity contribution in [3.63, 3.8) is 0 Å². The van der Waals surface area contributed by atoms with Gasteiger partial charge in [-0.3, -0.25) is 0 Å². The van der Waals surface area contributed by atoms with Gasteiger partial charge in [-0.05, 0) is 56.2 Å². The van der Waals surface area contributed by atoms with E-state index in [4.69, 9.17) is 5.73 Å². The number of hydrogen-bond donors (Lipinski definition) is 2. The maximum atomic E-state index is 12.0. The number of benzene rings is 1. The molecule has 0 unspecified atom stereocenters. The third-order valence-electron chi connectivity index (χ3n) is 1.50. The number of anilines is 1. The Morgan fingerprint density at radius 3 is 2.12 bits per heavy atom. The second-order valence-electron chi connectivity index (χ2n) is 2.80. The summed E-state index contributed by atoms with van der Waals surface area (Å²) in [6, 6.07) is 2.30. The second kappa shape index (κ2) is 5.40. The molecule has 0 bridgehead atoms. The van der Waals surface area contributed by atoms with Gasteiger partial charge in [0.15, 0.2) is 5.11 Å². The standard InChI is InChI=1S/C8H5Br2F3N2OS/c9-4-1-3(16-8(11,12)13)2-5(10)6(4)15-7(14)17/h1-2H,(H3,14,15,17). The summed E-state index contributed by atoms with van der Waals surface area (Å²) >= 11 is 10.8. The molecule has 0 heterocycles. The average molecular weight is 394 g/mol. The van der Waals surface area contributed by atoms with Crippen LogP contribution in [0.15, 0.2) is 21.1 Å². The van der Waals surface area contributed by atoms with Crippen molar-refractivity contribution in [2.24, 2.45) is 5.73 Å². The van der Waals surface area contributed by atoms with Crippen molar-refractivity contribution in [2.45, 2.75) is 6.36 Å². The lowest BCUT2D eigenvalue weighted by molar-refractivity contribution is -0.274. The summed E-state index contributed by atoms with van der Waals surface area (Å²) in [4.78, 5) is 0. The van der Waals surface area contributed by atoms with Crippen molar-refractivity contribution in [3.05, 3.63) is 21.1 Å². The monoisotopic (exact) mass is 392 g/mol. The predicted octanol–water partition coefficient (Wildman–Crippen LogP) is 3.77. The minimum atomic E-state index is -4.74. The summed E-state index contributed by atoms with van der Waals surface area (Å²) in [5, 5.41) is 2.61. The molecule has 1 aromatic carbocycles. The molecule has 0 aliphatic rings. The number of hydrogen-bond acceptors (Lipinski definition) is 2. The highest BCUT2D eigenvalue weighted by Crippen LogP contribution is 2.36. The van der Waals surface area contributed by atoms with Crippen molar-refractivity contribution >= 4 is 54.9 Å². The van der Waals surface area contributed by atoms with Crippen molar-refractivity contribution in [2.75, 3.05) is 5.32 Å². The molecule has 0 radical (unpaired) electrons. The zero-order valence-electron chi connectivity index (χ0n) is 7.94. The average Bonchev–Trinajstić information content (AvgIpc) is 2.08. The largest absolute Gasteiger partial charge is 0.573 e. The van der Waals surface area contributed by atoms with Crippen LogP contribution in [0.4, 0.5) is 18.9 Å². The van der Waals surface area contributed by atoms with Crippen LogP contribution in [-0.2, 0) is 0 Å². The van der Waals surface area contributed by atoms with E-state index in [1.54, 1.807) is 0 Å². The van der Waals surface area contributed by atoms with Crippen LogP contribution in [-0.4, -0.2) is 11.5 Å². The molecule has 0 aliphatic heterocycles. The van der Waals surface area contributed by atoms with Crippen molar-refractivity contribution in [1.82, 2.24) is 0 Å².